The van der Waals surface area contributed by atoms with Crippen LogP contribution in [0.3, 0.4) is 0 Å². The Bertz CT molecular complexity index is 3170. The minimum absolute atomic E-state index is 0.0192. The van der Waals surface area contributed by atoms with E-state index in [-0.39, 0.29) is 59.5 Å². The zero-order chi connectivity index (χ0) is 60.8. The van der Waals surface area contributed by atoms with E-state index in [1.165, 1.54) is 0 Å². The maximum absolute atomic E-state index is 7.33. The van der Waals surface area contributed by atoms with E-state index < -0.39 is 104 Å². The molecule has 5 saturated heterocycles. The Morgan fingerprint density at radius 3 is 0.944 bits per heavy atom. The third-order valence-electron chi connectivity index (χ3n) is 16.4. The molecular formula is C73H82O16. The molecule has 1 unspecified atom stereocenters. The second-order valence-corrected chi connectivity index (χ2v) is 24.0. The molecule has 0 spiro atoms. The lowest BCUT2D eigenvalue weighted by Gasteiger charge is -2.48. The Labute approximate surface area is 522 Å². The van der Waals surface area contributed by atoms with Crippen molar-refractivity contribution in [2.75, 3.05) is 19.8 Å². The molecule has 12 rings (SSSR count). The van der Waals surface area contributed by atoms with Gasteiger partial charge in [0.1, 0.15) is 73.2 Å². The molecule has 0 N–H and O–H groups in total. The fourth-order valence-corrected chi connectivity index (χ4v) is 12.1. The summed E-state index contributed by atoms with van der Waals surface area (Å²) in [6.45, 7) is 9.18. The van der Waals surface area contributed by atoms with Gasteiger partial charge in [-0.3, -0.25) is 0 Å². The summed E-state index contributed by atoms with van der Waals surface area (Å²) in [5.41, 5.74) is 6.76. The Balaban J connectivity index is 0.905. The van der Waals surface area contributed by atoms with Gasteiger partial charge in [0.2, 0.25) is 0 Å². The highest BCUT2D eigenvalue weighted by molar-refractivity contribution is 5.19. The minimum atomic E-state index is -1.11. The standard InChI is InChI=1S/C73H82O16/c1-72(2)86-62-59(85-71-68(65(62)87-72)88-73(3,4)89-71)49-82-70-67(80-46-56-38-24-11-25-39-56)64(78-44-54-34-20-9-21-35-54)61(76-42-52-30-16-7-17-31-52)58(84-70)48-81-69-66(79-45-55-36-22-10-23-37-55)63(77-43-53-32-18-8-19-33-53)60(75-41-51-28-14-6-15-29-51)57(83-69)47-74-40-50-26-12-5-13-27-50/h5-39,57-71H,40-49H2,1-4H3/t57-,58-,59-,60-,61-,62+,63+,64+,65+,66-,67-,68-,69+,70?,71-/m1/s1. The molecule has 15 atom stereocenters. The molecule has 0 aromatic heterocycles. The number of ether oxygens (including phenoxy) is 16. The first-order chi connectivity index (χ1) is 43.6. The molecule has 5 aliphatic rings. The minimum Gasteiger partial charge on any atom is -0.374 e. The van der Waals surface area contributed by atoms with Crippen molar-refractivity contribution in [2.45, 2.75) is 178 Å². The Morgan fingerprint density at radius 1 is 0.270 bits per heavy atom. The van der Waals surface area contributed by atoms with Crippen molar-refractivity contribution in [3.63, 3.8) is 0 Å². The monoisotopic (exact) mass is 1210 g/mol. The quantitative estimate of drug-likeness (QED) is 0.0458. The summed E-state index contributed by atoms with van der Waals surface area (Å²) < 4.78 is 111. The zero-order valence-electron chi connectivity index (χ0n) is 51.0. The van der Waals surface area contributed by atoms with Crippen LogP contribution in [0.25, 0.3) is 0 Å². The molecule has 89 heavy (non-hydrogen) atoms. The lowest BCUT2D eigenvalue weighted by atomic mass is 9.96. The number of hydrogen-bond donors (Lipinski definition) is 0. The fourth-order valence-electron chi connectivity index (χ4n) is 12.1. The maximum Gasteiger partial charge on any atom is 0.190 e. The molecule has 0 bridgehead atoms. The van der Waals surface area contributed by atoms with Gasteiger partial charge in [0.05, 0.1) is 66.1 Å². The number of rotatable bonds is 28. The van der Waals surface area contributed by atoms with Crippen LogP contribution in [0.2, 0.25) is 0 Å². The summed E-state index contributed by atoms with van der Waals surface area (Å²) in [7, 11) is 0. The fraction of sp³-hybridized carbons (Fsp3) is 0.425. The predicted octanol–water partition coefficient (Wildman–Crippen LogP) is 11.6. The summed E-state index contributed by atoms with van der Waals surface area (Å²) in [5, 5.41) is 0. The van der Waals surface area contributed by atoms with Crippen LogP contribution < -0.4 is 0 Å². The number of fused-ring (bicyclic) bond motifs is 3. The van der Waals surface area contributed by atoms with Gasteiger partial charge in [0, 0.05) is 0 Å². The zero-order valence-corrected chi connectivity index (χ0v) is 51.0. The third-order valence-corrected chi connectivity index (χ3v) is 16.4. The first kappa shape index (κ1) is 63.1. The van der Waals surface area contributed by atoms with Crippen LogP contribution in [-0.4, -0.2) is 124 Å². The molecule has 470 valence electrons. The van der Waals surface area contributed by atoms with E-state index in [0.29, 0.717) is 6.61 Å². The summed E-state index contributed by atoms with van der Waals surface area (Å²) in [5.74, 6) is -1.86. The van der Waals surface area contributed by atoms with Gasteiger partial charge in [-0.05, 0) is 66.6 Å². The van der Waals surface area contributed by atoms with Gasteiger partial charge in [-0.2, -0.15) is 0 Å². The summed E-state index contributed by atoms with van der Waals surface area (Å²) in [6.07, 6.45) is -11.8. The molecule has 0 aliphatic carbocycles. The average molecular weight is 1220 g/mol. The molecule has 0 saturated carbocycles. The van der Waals surface area contributed by atoms with Gasteiger partial charge in [-0.25, -0.2) is 0 Å². The van der Waals surface area contributed by atoms with Crippen LogP contribution in [0.15, 0.2) is 212 Å². The van der Waals surface area contributed by atoms with Crippen LogP contribution in [-0.2, 0) is 122 Å². The largest absolute Gasteiger partial charge is 0.374 e. The van der Waals surface area contributed by atoms with Crippen molar-refractivity contribution in [2.24, 2.45) is 0 Å². The topological polar surface area (TPSA) is 148 Å². The van der Waals surface area contributed by atoms with Crippen molar-refractivity contribution >= 4 is 0 Å². The Hall–Kier alpha value is -6.10. The van der Waals surface area contributed by atoms with E-state index >= 15 is 0 Å². The molecule has 5 aliphatic heterocycles. The summed E-state index contributed by atoms with van der Waals surface area (Å²) in [6, 6.07) is 70.2. The van der Waals surface area contributed by atoms with E-state index in [0.717, 1.165) is 38.9 Å². The van der Waals surface area contributed by atoms with Crippen molar-refractivity contribution in [1.82, 2.24) is 0 Å². The molecule has 5 heterocycles. The second-order valence-electron chi connectivity index (χ2n) is 24.0. The molecule has 7 aromatic rings. The van der Waals surface area contributed by atoms with Gasteiger partial charge in [0.25, 0.3) is 0 Å². The molecule has 5 fully saturated rings. The number of hydrogen-bond acceptors (Lipinski definition) is 16. The van der Waals surface area contributed by atoms with E-state index in [4.69, 9.17) is 75.8 Å². The predicted molar refractivity (Wildman–Crippen MR) is 328 cm³/mol. The van der Waals surface area contributed by atoms with Crippen molar-refractivity contribution in [1.29, 1.82) is 0 Å². The summed E-state index contributed by atoms with van der Waals surface area (Å²) >= 11 is 0. The van der Waals surface area contributed by atoms with Crippen LogP contribution in [0.4, 0.5) is 0 Å². The molecule has 16 nitrogen and oxygen atoms in total. The van der Waals surface area contributed by atoms with Crippen LogP contribution in [0.5, 0.6) is 0 Å². The van der Waals surface area contributed by atoms with Gasteiger partial charge >= 0.3 is 0 Å². The van der Waals surface area contributed by atoms with Gasteiger partial charge in [-0.15, -0.1) is 0 Å². The smallest absolute Gasteiger partial charge is 0.190 e. The number of benzene rings is 7. The van der Waals surface area contributed by atoms with Crippen molar-refractivity contribution < 1.29 is 75.8 Å². The Kier molecular flexibility index (Phi) is 21.5. The average Bonchev–Trinajstić information content (AvgIpc) is 3.07. The van der Waals surface area contributed by atoms with Gasteiger partial charge in [-0.1, -0.05) is 212 Å². The summed E-state index contributed by atoms with van der Waals surface area (Å²) in [4.78, 5) is 0. The van der Waals surface area contributed by atoms with Crippen LogP contribution in [0, 0.1) is 0 Å². The third kappa shape index (κ3) is 16.9. The van der Waals surface area contributed by atoms with Crippen LogP contribution in [0.1, 0.15) is 66.6 Å². The SMILES string of the molecule is CC1(C)O[C@H]2[C@@H](O1)[C@@H](COC1O[C@H](CO[C@H]3O[C@H](COCc4ccccc4)[C@@H](OCc4ccccc4)[C@H](OCc4ccccc4)[C@H]3OCc3ccccc3)[C@@H](OCc3ccccc3)[C@H](OCc3ccccc3)[C@H]1OCc1ccccc1)O[C@@H]1OC(C)(C)O[C@@H]12. The molecule has 0 radical (unpaired) electrons. The highest BCUT2D eigenvalue weighted by Gasteiger charge is 2.61. The van der Waals surface area contributed by atoms with E-state index in [9.17, 15) is 0 Å². The Morgan fingerprint density at radius 2 is 0.562 bits per heavy atom. The van der Waals surface area contributed by atoms with Gasteiger partial charge in [0.15, 0.2) is 30.4 Å². The van der Waals surface area contributed by atoms with Crippen LogP contribution >= 0.6 is 0 Å². The lowest BCUT2D eigenvalue weighted by molar-refractivity contribution is -0.356. The van der Waals surface area contributed by atoms with E-state index in [1.54, 1.807) is 0 Å². The van der Waals surface area contributed by atoms with Gasteiger partial charge < -0.3 is 75.8 Å². The van der Waals surface area contributed by atoms with Crippen molar-refractivity contribution in [3.05, 3.63) is 251 Å². The highest BCUT2D eigenvalue weighted by Crippen LogP contribution is 2.45. The normalized spacial score (nSPS) is 29.5. The lowest BCUT2D eigenvalue weighted by Crippen LogP contribution is -2.64. The molecule has 0 amide bonds. The second kappa shape index (κ2) is 30.3. The van der Waals surface area contributed by atoms with E-state index in [1.807, 2.05) is 240 Å². The first-order valence-corrected chi connectivity index (χ1v) is 31.0. The molecular weight excluding hydrogens is 1130 g/mol. The molecule has 7 aromatic carbocycles. The van der Waals surface area contributed by atoms with E-state index in [2.05, 4.69) is 0 Å². The maximum atomic E-state index is 7.33. The molecule has 16 heteroatoms. The van der Waals surface area contributed by atoms with Crippen molar-refractivity contribution in [3.8, 4) is 0 Å². The first-order valence-electron chi connectivity index (χ1n) is 31.0. The highest BCUT2D eigenvalue weighted by atomic mass is 16.9.